The molecule has 1 aliphatic rings. The Kier molecular flexibility index (Phi) is 5.87. The van der Waals surface area contributed by atoms with Crippen molar-refractivity contribution in [2.24, 2.45) is 5.92 Å². The summed E-state index contributed by atoms with van der Waals surface area (Å²) in [4.78, 5) is 26.5. The molecule has 1 saturated heterocycles. The minimum Gasteiger partial charge on any atom is -0.406 e. The van der Waals surface area contributed by atoms with E-state index in [1.807, 2.05) is 30.3 Å². The molecule has 1 N–H and O–H groups in total. The maximum absolute atomic E-state index is 12.5. The van der Waals surface area contributed by atoms with Gasteiger partial charge in [0.05, 0.1) is 0 Å². The van der Waals surface area contributed by atoms with Crippen molar-refractivity contribution in [2.45, 2.75) is 19.2 Å². The molecule has 148 valence electrons. The molecule has 3 rings (SSSR count). The van der Waals surface area contributed by atoms with E-state index in [-0.39, 0.29) is 29.0 Å². The summed E-state index contributed by atoms with van der Waals surface area (Å²) >= 11 is 0. The summed E-state index contributed by atoms with van der Waals surface area (Å²) in [5.41, 5.74) is 1.01. The van der Waals surface area contributed by atoms with Crippen molar-refractivity contribution < 1.29 is 27.5 Å². The number of carbonyl (C=O) groups is 2. The highest BCUT2D eigenvalue weighted by Gasteiger charge is 2.31. The van der Waals surface area contributed by atoms with Crippen molar-refractivity contribution in [2.75, 3.05) is 18.4 Å². The van der Waals surface area contributed by atoms with E-state index in [4.69, 9.17) is 0 Å². The number of hydrogen-bond acceptors (Lipinski definition) is 3. The topological polar surface area (TPSA) is 58.6 Å². The van der Waals surface area contributed by atoms with Crippen LogP contribution in [-0.2, 0) is 4.79 Å². The number of alkyl halides is 3. The third-order valence-electron chi connectivity index (χ3n) is 4.53. The molecule has 0 atom stereocenters. The molecule has 2 amide bonds. The number of amides is 2. The number of para-hydroxylation sites is 1. The van der Waals surface area contributed by atoms with Gasteiger partial charge < -0.3 is 15.0 Å². The monoisotopic (exact) mass is 392 g/mol. The standard InChI is InChI=1S/C20H19F3N2O3/c21-20(22,23)28-17-8-6-15(7-9-17)19(27)25-12-10-14(11-13-25)18(26)24-16-4-2-1-3-5-16/h1-9,14H,10-13H2,(H,24,26). The number of halogens is 3. The summed E-state index contributed by atoms with van der Waals surface area (Å²) in [6.45, 7) is 0.818. The van der Waals surface area contributed by atoms with Gasteiger partial charge in [-0.3, -0.25) is 9.59 Å². The van der Waals surface area contributed by atoms with Gasteiger partial charge in [-0.15, -0.1) is 13.2 Å². The Morgan fingerprint density at radius 3 is 2.14 bits per heavy atom. The second-order valence-electron chi connectivity index (χ2n) is 6.49. The highest BCUT2D eigenvalue weighted by Crippen LogP contribution is 2.24. The number of benzene rings is 2. The molecule has 8 heteroatoms. The third kappa shape index (κ3) is 5.25. The summed E-state index contributed by atoms with van der Waals surface area (Å²) in [6.07, 6.45) is -3.72. The zero-order valence-electron chi connectivity index (χ0n) is 14.9. The second kappa shape index (κ2) is 8.33. The van der Waals surface area contributed by atoms with E-state index in [2.05, 4.69) is 10.1 Å². The number of nitrogens with zero attached hydrogens (tertiary/aromatic N) is 1. The summed E-state index contributed by atoms with van der Waals surface area (Å²) in [5.74, 6) is -0.917. The lowest BCUT2D eigenvalue weighted by Crippen LogP contribution is -2.41. The number of likely N-dealkylation sites (tertiary alicyclic amines) is 1. The first kappa shape index (κ1) is 19.7. The van der Waals surface area contributed by atoms with Crippen LogP contribution in [0.5, 0.6) is 5.75 Å². The first-order chi connectivity index (χ1) is 13.3. The van der Waals surface area contributed by atoms with Gasteiger partial charge in [-0.2, -0.15) is 0 Å². The van der Waals surface area contributed by atoms with Crippen LogP contribution in [0.4, 0.5) is 18.9 Å². The van der Waals surface area contributed by atoms with Crippen molar-refractivity contribution in [3.8, 4) is 5.75 Å². The number of piperidine rings is 1. The first-order valence-electron chi connectivity index (χ1n) is 8.83. The molecule has 0 aliphatic carbocycles. The van der Waals surface area contributed by atoms with Crippen molar-refractivity contribution in [3.05, 3.63) is 60.2 Å². The molecule has 0 saturated carbocycles. The van der Waals surface area contributed by atoms with Gasteiger partial charge in [0, 0.05) is 30.3 Å². The summed E-state index contributed by atoms with van der Waals surface area (Å²) in [7, 11) is 0. The number of carbonyl (C=O) groups excluding carboxylic acids is 2. The lowest BCUT2D eigenvalue weighted by Gasteiger charge is -2.31. The van der Waals surface area contributed by atoms with E-state index in [0.717, 1.165) is 17.8 Å². The van der Waals surface area contributed by atoms with E-state index >= 15 is 0 Å². The fourth-order valence-corrected chi connectivity index (χ4v) is 3.09. The van der Waals surface area contributed by atoms with Crippen LogP contribution in [-0.4, -0.2) is 36.2 Å². The van der Waals surface area contributed by atoms with E-state index in [9.17, 15) is 22.8 Å². The predicted octanol–water partition coefficient (Wildman–Crippen LogP) is 4.08. The van der Waals surface area contributed by atoms with E-state index in [1.165, 1.54) is 12.1 Å². The third-order valence-corrected chi connectivity index (χ3v) is 4.53. The number of nitrogens with one attached hydrogen (secondary N) is 1. The fraction of sp³-hybridized carbons (Fsp3) is 0.300. The largest absolute Gasteiger partial charge is 0.573 e. The molecule has 0 spiro atoms. The van der Waals surface area contributed by atoms with E-state index in [1.54, 1.807) is 4.90 Å². The fourth-order valence-electron chi connectivity index (χ4n) is 3.09. The molecule has 28 heavy (non-hydrogen) atoms. The lowest BCUT2D eigenvalue weighted by molar-refractivity contribution is -0.274. The molecule has 1 fully saturated rings. The maximum atomic E-state index is 12.5. The van der Waals surface area contributed by atoms with Crippen LogP contribution in [0, 0.1) is 5.92 Å². The molecule has 2 aromatic carbocycles. The Labute approximate surface area is 160 Å². The van der Waals surface area contributed by atoms with Gasteiger partial charge in [-0.1, -0.05) is 18.2 Å². The first-order valence-corrected chi connectivity index (χ1v) is 8.83. The van der Waals surface area contributed by atoms with Crippen LogP contribution in [0.25, 0.3) is 0 Å². The predicted molar refractivity (Wildman–Crippen MR) is 96.8 cm³/mol. The normalized spacial score (nSPS) is 15.2. The van der Waals surface area contributed by atoms with Crippen LogP contribution in [0.15, 0.2) is 54.6 Å². The van der Waals surface area contributed by atoms with Gasteiger partial charge in [-0.25, -0.2) is 0 Å². The molecule has 5 nitrogen and oxygen atoms in total. The molecule has 0 aromatic heterocycles. The highest BCUT2D eigenvalue weighted by atomic mass is 19.4. The Balaban J connectivity index is 1.53. The maximum Gasteiger partial charge on any atom is 0.573 e. The summed E-state index contributed by atoms with van der Waals surface area (Å²) < 4.78 is 40.4. The molecular formula is C20H19F3N2O3. The highest BCUT2D eigenvalue weighted by molar-refractivity contribution is 5.95. The van der Waals surface area contributed by atoms with Crippen molar-refractivity contribution in [3.63, 3.8) is 0 Å². The number of hydrogen-bond donors (Lipinski definition) is 1. The van der Waals surface area contributed by atoms with Crippen LogP contribution in [0.1, 0.15) is 23.2 Å². The number of rotatable bonds is 4. The summed E-state index contributed by atoms with van der Waals surface area (Å²) in [6, 6.07) is 14.0. The Bertz CT molecular complexity index is 815. The average Bonchev–Trinajstić information content (AvgIpc) is 2.68. The SMILES string of the molecule is O=C(Nc1ccccc1)C1CCN(C(=O)c2ccc(OC(F)(F)F)cc2)CC1. The zero-order valence-corrected chi connectivity index (χ0v) is 14.9. The molecule has 2 aromatic rings. The summed E-state index contributed by atoms with van der Waals surface area (Å²) in [5, 5.41) is 2.86. The Hall–Kier alpha value is -3.03. The number of anilines is 1. The van der Waals surface area contributed by atoms with Crippen LogP contribution in [0.3, 0.4) is 0 Å². The molecule has 0 bridgehead atoms. The molecule has 0 unspecified atom stereocenters. The molecule has 1 heterocycles. The zero-order chi connectivity index (χ0) is 20.1. The molecular weight excluding hydrogens is 373 g/mol. The Morgan fingerprint density at radius 1 is 0.964 bits per heavy atom. The lowest BCUT2D eigenvalue weighted by atomic mass is 9.95. The minimum atomic E-state index is -4.77. The van der Waals surface area contributed by atoms with Crippen LogP contribution in [0.2, 0.25) is 0 Å². The van der Waals surface area contributed by atoms with Crippen LogP contribution >= 0.6 is 0 Å². The smallest absolute Gasteiger partial charge is 0.406 e. The minimum absolute atomic E-state index is 0.0769. The van der Waals surface area contributed by atoms with Gasteiger partial charge in [0.25, 0.3) is 5.91 Å². The van der Waals surface area contributed by atoms with Gasteiger partial charge in [0.1, 0.15) is 5.75 Å². The Morgan fingerprint density at radius 2 is 1.57 bits per heavy atom. The number of ether oxygens (including phenoxy) is 1. The van der Waals surface area contributed by atoms with Gasteiger partial charge >= 0.3 is 6.36 Å². The van der Waals surface area contributed by atoms with Gasteiger partial charge in [-0.05, 0) is 49.2 Å². The average molecular weight is 392 g/mol. The van der Waals surface area contributed by atoms with E-state index in [0.29, 0.717) is 25.9 Å². The van der Waals surface area contributed by atoms with Gasteiger partial charge in [0.15, 0.2) is 0 Å². The van der Waals surface area contributed by atoms with E-state index < -0.39 is 6.36 Å². The quantitative estimate of drug-likeness (QED) is 0.853. The van der Waals surface area contributed by atoms with Crippen molar-refractivity contribution in [1.29, 1.82) is 0 Å². The van der Waals surface area contributed by atoms with Crippen molar-refractivity contribution in [1.82, 2.24) is 4.90 Å². The van der Waals surface area contributed by atoms with Crippen LogP contribution < -0.4 is 10.1 Å². The molecule has 1 aliphatic heterocycles. The van der Waals surface area contributed by atoms with Crippen molar-refractivity contribution >= 4 is 17.5 Å². The second-order valence-corrected chi connectivity index (χ2v) is 6.49. The van der Waals surface area contributed by atoms with Gasteiger partial charge in [0.2, 0.25) is 5.91 Å². The molecule has 0 radical (unpaired) electrons.